The molecule has 5 nitrogen and oxygen atoms in total. The van der Waals surface area contributed by atoms with Crippen LogP contribution in [0.4, 0.5) is 0 Å². The minimum atomic E-state index is -0.788. The Kier molecular flexibility index (Phi) is 2.07. The minimum absolute atomic E-state index is 0.119. The van der Waals surface area contributed by atoms with Gasteiger partial charge in [0.1, 0.15) is 6.10 Å². The molecule has 2 rings (SSSR count). The third kappa shape index (κ3) is 1.35. The lowest BCUT2D eigenvalue weighted by molar-refractivity contribution is -0.176. The average Bonchev–Trinajstić information content (AvgIpc) is 2.48. The number of methoxy groups -OCH3 is 1. The predicted octanol–water partition coefficient (Wildman–Crippen LogP) is -0.798. The zero-order valence-electron chi connectivity index (χ0n) is 7.10. The van der Waals surface area contributed by atoms with E-state index in [1.165, 1.54) is 13.2 Å². The van der Waals surface area contributed by atoms with Crippen LogP contribution in [0.3, 0.4) is 0 Å². The van der Waals surface area contributed by atoms with E-state index in [1.807, 2.05) is 0 Å². The Labute approximate surface area is 74.9 Å². The number of carbonyl (C=O) groups is 1. The fourth-order valence-electron chi connectivity index (χ4n) is 1.52. The van der Waals surface area contributed by atoms with Gasteiger partial charge in [0, 0.05) is 18.8 Å². The van der Waals surface area contributed by atoms with E-state index in [1.54, 1.807) is 0 Å². The number of hydrogen-bond donors (Lipinski definition) is 1. The molecule has 13 heavy (non-hydrogen) atoms. The molecule has 2 aliphatic heterocycles. The third-order valence-corrected chi connectivity index (χ3v) is 2.11. The van der Waals surface area contributed by atoms with Crippen molar-refractivity contribution in [2.45, 2.75) is 18.5 Å². The third-order valence-electron chi connectivity index (χ3n) is 2.11. The molecule has 72 valence electrons. The lowest BCUT2D eigenvalue weighted by Crippen LogP contribution is -2.43. The van der Waals surface area contributed by atoms with E-state index >= 15 is 0 Å². The molecule has 0 unspecified atom stereocenters. The highest BCUT2D eigenvalue weighted by molar-refractivity contribution is 5.86. The molecule has 5 heteroatoms. The quantitative estimate of drug-likeness (QED) is 0.543. The van der Waals surface area contributed by atoms with Crippen molar-refractivity contribution >= 4 is 5.97 Å². The molecule has 0 aliphatic carbocycles. The monoisotopic (exact) mass is 186 g/mol. The van der Waals surface area contributed by atoms with Gasteiger partial charge < -0.3 is 19.3 Å². The van der Waals surface area contributed by atoms with E-state index in [2.05, 4.69) is 0 Å². The Morgan fingerprint density at radius 1 is 1.69 bits per heavy atom. The summed E-state index contributed by atoms with van der Waals surface area (Å²) >= 11 is 0. The molecule has 0 bridgehead atoms. The molecule has 1 N–H and O–H groups in total. The summed E-state index contributed by atoms with van der Waals surface area (Å²) < 4.78 is 15.0. The van der Waals surface area contributed by atoms with Crippen molar-refractivity contribution in [2.24, 2.45) is 0 Å². The highest BCUT2D eigenvalue weighted by Gasteiger charge is 2.41. The Hall–Kier alpha value is -0.910. The number of rotatable bonds is 1. The van der Waals surface area contributed by atoms with Gasteiger partial charge in [0.05, 0.1) is 6.61 Å². The summed E-state index contributed by atoms with van der Waals surface area (Å²) in [7, 11) is 1.48. The van der Waals surface area contributed by atoms with Gasteiger partial charge in [-0.1, -0.05) is 0 Å². The molecule has 2 aliphatic rings. The molecule has 0 amide bonds. The SMILES string of the molecule is CO[C@H]1OC[C@H](O)[C@@H]2OC(=O)C=C12. The smallest absolute Gasteiger partial charge is 0.331 e. The Morgan fingerprint density at radius 3 is 3.15 bits per heavy atom. The van der Waals surface area contributed by atoms with Gasteiger partial charge in [-0.25, -0.2) is 4.79 Å². The number of hydrogen-bond acceptors (Lipinski definition) is 5. The molecule has 0 aromatic heterocycles. The molecule has 0 saturated carbocycles. The minimum Gasteiger partial charge on any atom is -0.452 e. The van der Waals surface area contributed by atoms with Crippen molar-refractivity contribution in [1.29, 1.82) is 0 Å². The first kappa shape index (κ1) is 8.68. The van der Waals surface area contributed by atoms with Gasteiger partial charge in [-0.05, 0) is 0 Å². The van der Waals surface area contributed by atoms with Crippen molar-refractivity contribution in [3.63, 3.8) is 0 Å². The highest BCUT2D eigenvalue weighted by atomic mass is 16.7. The summed E-state index contributed by atoms with van der Waals surface area (Å²) in [5.74, 6) is -0.452. The van der Waals surface area contributed by atoms with Crippen LogP contribution in [0, 0.1) is 0 Å². The first-order valence-corrected chi connectivity index (χ1v) is 3.97. The van der Waals surface area contributed by atoms with E-state index in [0.29, 0.717) is 5.57 Å². The first-order valence-electron chi connectivity index (χ1n) is 3.97. The molecule has 2 heterocycles. The van der Waals surface area contributed by atoms with Crippen LogP contribution in [-0.2, 0) is 19.0 Å². The molecule has 3 atom stereocenters. The fourth-order valence-corrected chi connectivity index (χ4v) is 1.52. The highest BCUT2D eigenvalue weighted by Crippen LogP contribution is 2.28. The summed E-state index contributed by atoms with van der Waals surface area (Å²) in [5.41, 5.74) is 0.561. The van der Waals surface area contributed by atoms with E-state index < -0.39 is 24.5 Å². The first-order chi connectivity index (χ1) is 6.22. The van der Waals surface area contributed by atoms with Crippen LogP contribution in [0.1, 0.15) is 0 Å². The normalized spacial score (nSPS) is 38.2. The van der Waals surface area contributed by atoms with E-state index in [0.717, 1.165) is 0 Å². The predicted molar refractivity (Wildman–Crippen MR) is 40.7 cm³/mol. The number of esters is 1. The standard InChI is InChI=1S/C8H10O5/c1-11-8-4-2-6(10)13-7(4)5(9)3-12-8/h2,5,7-9H,3H2,1H3/t5-,7+,8-/m0/s1. The van der Waals surface area contributed by atoms with Gasteiger partial charge in [0.2, 0.25) is 0 Å². The second kappa shape index (κ2) is 3.10. The largest absolute Gasteiger partial charge is 0.452 e. The number of ether oxygens (including phenoxy) is 3. The second-order valence-electron chi connectivity index (χ2n) is 2.97. The Balaban J connectivity index is 2.23. The molecule has 1 fully saturated rings. The fraction of sp³-hybridized carbons (Fsp3) is 0.625. The number of carbonyl (C=O) groups excluding carboxylic acids is 1. The van der Waals surface area contributed by atoms with Gasteiger partial charge in [0.15, 0.2) is 12.4 Å². The van der Waals surface area contributed by atoms with E-state index in [-0.39, 0.29) is 6.61 Å². The molecule has 0 aromatic rings. The zero-order chi connectivity index (χ0) is 9.42. The van der Waals surface area contributed by atoms with Crippen molar-refractivity contribution in [1.82, 2.24) is 0 Å². The summed E-state index contributed by atoms with van der Waals surface area (Å²) in [6.07, 6.45) is -0.642. The van der Waals surface area contributed by atoms with Crippen LogP contribution in [0.5, 0.6) is 0 Å². The number of aliphatic hydroxyl groups excluding tert-OH is 1. The molecule has 0 spiro atoms. The lowest BCUT2D eigenvalue weighted by atomic mass is 10.0. The summed E-state index contributed by atoms with van der Waals surface area (Å²) in [6.45, 7) is 0.119. The molecule has 0 radical (unpaired) electrons. The van der Waals surface area contributed by atoms with Crippen molar-refractivity contribution < 1.29 is 24.1 Å². The molecule has 0 aromatic carbocycles. The van der Waals surface area contributed by atoms with Crippen molar-refractivity contribution in [3.8, 4) is 0 Å². The van der Waals surface area contributed by atoms with Gasteiger partial charge >= 0.3 is 5.97 Å². The summed E-state index contributed by atoms with van der Waals surface area (Å²) in [4.78, 5) is 10.9. The van der Waals surface area contributed by atoms with Crippen molar-refractivity contribution in [2.75, 3.05) is 13.7 Å². The van der Waals surface area contributed by atoms with Gasteiger partial charge in [-0.3, -0.25) is 0 Å². The van der Waals surface area contributed by atoms with Gasteiger partial charge in [-0.2, -0.15) is 0 Å². The summed E-state index contributed by atoms with van der Waals surface area (Å²) in [5, 5.41) is 9.41. The van der Waals surface area contributed by atoms with Crippen LogP contribution in [0.25, 0.3) is 0 Å². The van der Waals surface area contributed by atoms with Crippen LogP contribution in [0.15, 0.2) is 11.6 Å². The van der Waals surface area contributed by atoms with Crippen LogP contribution in [0.2, 0.25) is 0 Å². The van der Waals surface area contributed by atoms with Crippen molar-refractivity contribution in [3.05, 3.63) is 11.6 Å². The second-order valence-corrected chi connectivity index (χ2v) is 2.97. The van der Waals surface area contributed by atoms with Crippen LogP contribution < -0.4 is 0 Å². The molecular weight excluding hydrogens is 176 g/mol. The lowest BCUT2D eigenvalue weighted by Gasteiger charge is -2.30. The Bertz CT molecular complexity index is 259. The Morgan fingerprint density at radius 2 is 2.46 bits per heavy atom. The summed E-state index contributed by atoms with van der Waals surface area (Å²) in [6, 6.07) is 0. The van der Waals surface area contributed by atoms with E-state index in [4.69, 9.17) is 14.2 Å². The maximum absolute atomic E-state index is 10.9. The topological polar surface area (TPSA) is 65.0 Å². The molecular formula is C8H10O5. The average molecular weight is 186 g/mol. The van der Waals surface area contributed by atoms with Crippen LogP contribution in [-0.4, -0.2) is 43.3 Å². The maximum atomic E-state index is 10.9. The molecule has 1 saturated heterocycles. The number of fused-ring (bicyclic) bond motifs is 1. The maximum Gasteiger partial charge on any atom is 0.331 e. The van der Waals surface area contributed by atoms with E-state index in [9.17, 15) is 9.90 Å². The zero-order valence-corrected chi connectivity index (χ0v) is 7.10. The van der Waals surface area contributed by atoms with Gasteiger partial charge in [-0.15, -0.1) is 0 Å². The number of aliphatic hydroxyl groups is 1. The van der Waals surface area contributed by atoms with Crippen LogP contribution >= 0.6 is 0 Å². The van der Waals surface area contributed by atoms with Gasteiger partial charge in [0.25, 0.3) is 0 Å².